The molecule has 4 rings (SSSR count). The van der Waals surface area contributed by atoms with Crippen molar-refractivity contribution >= 4 is 47.3 Å². The second-order valence-corrected chi connectivity index (χ2v) is 12.0. The fourth-order valence-corrected chi connectivity index (χ4v) is 5.81. The van der Waals surface area contributed by atoms with Gasteiger partial charge in [-0.25, -0.2) is 13.5 Å². The second kappa shape index (κ2) is 10.1. The quantitative estimate of drug-likeness (QED) is 0.231. The first-order valence-corrected chi connectivity index (χ1v) is 13.8. The Labute approximate surface area is 223 Å². The molecule has 0 saturated heterocycles. The topological polar surface area (TPSA) is 59.8 Å². The molecule has 3 aromatic rings. The second-order valence-electron chi connectivity index (χ2n) is 8.85. The van der Waals surface area contributed by atoms with Crippen molar-refractivity contribution in [1.82, 2.24) is 20.3 Å². The molecule has 2 aromatic heterocycles. The van der Waals surface area contributed by atoms with E-state index in [0.29, 0.717) is 22.6 Å². The van der Waals surface area contributed by atoms with Crippen LogP contribution in [0.2, 0.25) is 5.02 Å². The first kappa shape index (κ1) is 28.3. The fraction of sp³-hybridized carbons (Fsp3) is 0.435. The SMILES string of the molecule is CCc1cc(C(P)(C(F)(F)F)C(F)(F)P)cc(Cl)c1-n1cc(-c2cc(C(=O)NC3CC3)c(CC)s2)nn1. The number of rotatable bonds is 8. The summed E-state index contributed by atoms with van der Waals surface area (Å²) in [5.41, 5.74) is -3.36. The van der Waals surface area contributed by atoms with Crippen molar-refractivity contribution in [2.45, 2.75) is 62.6 Å². The molecule has 1 aliphatic carbocycles. The minimum absolute atomic E-state index is 0.141. The van der Waals surface area contributed by atoms with Gasteiger partial charge in [-0.15, -0.1) is 25.7 Å². The number of amides is 1. The first-order chi connectivity index (χ1) is 17.2. The Bertz CT molecular complexity index is 1320. The molecule has 3 atom stereocenters. The number of thiophene rings is 1. The van der Waals surface area contributed by atoms with Crippen LogP contribution in [-0.4, -0.2) is 38.8 Å². The number of alkyl halides is 5. The Morgan fingerprint density at radius 2 is 1.84 bits per heavy atom. The summed E-state index contributed by atoms with van der Waals surface area (Å²) >= 11 is 7.79. The number of nitrogens with one attached hydrogen (secondary N) is 1. The summed E-state index contributed by atoms with van der Waals surface area (Å²) in [6.45, 7) is 3.62. The largest absolute Gasteiger partial charge is 0.407 e. The van der Waals surface area contributed by atoms with Gasteiger partial charge < -0.3 is 5.32 Å². The minimum Gasteiger partial charge on any atom is -0.349 e. The van der Waals surface area contributed by atoms with Crippen molar-refractivity contribution in [3.8, 4) is 16.3 Å². The van der Waals surface area contributed by atoms with Gasteiger partial charge in [0.15, 0.2) is 5.16 Å². The molecule has 37 heavy (non-hydrogen) atoms. The number of hydrogen-bond acceptors (Lipinski definition) is 4. The van der Waals surface area contributed by atoms with E-state index < -0.39 is 22.6 Å². The van der Waals surface area contributed by atoms with Crippen LogP contribution in [-0.2, 0) is 18.0 Å². The van der Waals surface area contributed by atoms with Crippen LogP contribution >= 0.6 is 41.4 Å². The van der Waals surface area contributed by atoms with Crippen molar-refractivity contribution in [2.75, 3.05) is 0 Å². The lowest BCUT2D eigenvalue weighted by Crippen LogP contribution is -2.48. The smallest absolute Gasteiger partial charge is 0.349 e. The van der Waals surface area contributed by atoms with Crippen LogP contribution in [0.1, 0.15) is 53.1 Å². The van der Waals surface area contributed by atoms with Gasteiger partial charge in [0.05, 0.1) is 27.3 Å². The van der Waals surface area contributed by atoms with Gasteiger partial charge in [0.2, 0.25) is 0 Å². The standard InChI is InChI=1S/C23H24ClF5N4OP2S/c1-3-11-7-12(21(35,22(25,26)27)23(28,29)36)8-15(24)19(11)33-10-16(31-32-33)18-9-14(17(4-2)37-18)20(34)30-13-5-6-13/h7-10,13H,3-6,35-36H2,1-2H3,(H,30,34). The highest BCUT2D eigenvalue weighted by molar-refractivity contribution is 7.24. The van der Waals surface area contributed by atoms with Crippen LogP contribution in [0.3, 0.4) is 0 Å². The number of aryl methyl sites for hydroxylation is 2. The Morgan fingerprint density at radius 1 is 1.16 bits per heavy atom. The normalized spacial score (nSPS) is 16.1. The van der Waals surface area contributed by atoms with Crippen molar-refractivity contribution in [3.63, 3.8) is 0 Å². The number of benzene rings is 1. The van der Waals surface area contributed by atoms with E-state index in [9.17, 15) is 26.7 Å². The molecule has 1 saturated carbocycles. The number of halogens is 6. The van der Waals surface area contributed by atoms with Gasteiger partial charge in [-0.2, -0.15) is 13.2 Å². The summed E-state index contributed by atoms with van der Waals surface area (Å²) in [6, 6.07) is 3.91. The number of hydrogen-bond donors (Lipinski definition) is 1. The maximum absolute atomic E-state index is 14.3. The number of nitrogens with zero attached hydrogens (tertiary/aromatic N) is 3. The molecule has 1 amide bonds. The summed E-state index contributed by atoms with van der Waals surface area (Å²) in [5, 5.41) is 7.51. The van der Waals surface area contributed by atoms with Gasteiger partial charge in [-0.05, 0) is 48.9 Å². The van der Waals surface area contributed by atoms with Gasteiger partial charge in [0.1, 0.15) is 5.69 Å². The zero-order chi connectivity index (χ0) is 27.3. The van der Waals surface area contributed by atoms with E-state index in [0.717, 1.165) is 39.1 Å². The molecular weight excluding hydrogens is 573 g/mol. The zero-order valence-corrected chi connectivity index (χ0v) is 23.7. The molecule has 1 aromatic carbocycles. The van der Waals surface area contributed by atoms with E-state index in [-0.39, 0.29) is 34.6 Å². The number of aromatic nitrogens is 3. The van der Waals surface area contributed by atoms with E-state index >= 15 is 0 Å². The Hall–Kier alpha value is -1.67. The molecule has 1 aliphatic rings. The van der Waals surface area contributed by atoms with Crippen LogP contribution in [0, 0.1) is 0 Å². The maximum atomic E-state index is 14.3. The van der Waals surface area contributed by atoms with Gasteiger partial charge in [-0.3, -0.25) is 4.79 Å². The van der Waals surface area contributed by atoms with Crippen molar-refractivity contribution in [1.29, 1.82) is 0 Å². The molecule has 2 heterocycles. The Morgan fingerprint density at radius 3 is 2.38 bits per heavy atom. The van der Waals surface area contributed by atoms with Gasteiger partial charge in [-0.1, -0.05) is 46.0 Å². The summed E-state index contributed by atoms with van der Waals surface area (Å²) in [5.74, 6) is -0.141. The van der Waals surface area contributed by atoms with E-state index in [1.54, 1.807) is 19.2 Å². The lowest BCUT2D eigenvalue weighted by molar-refractivity contribution is -0.201. The van der Waals surface area contributed by atoms with Crippen LogP contribution in [0.5, 0.6) is 0 Å². The molecule has 0 bridgehead atoms. The molecule has 1 N–H and O–H groups in total. The van der Waals surface area contributed by atoms with Gasteiger partial charge in [0.25, 0.3) is 11.6 Å². The molecule has 0 spiro atoms. The average Bonchev–Trinajstić information content (AvgIpc) is 3.31. The third-order valence-corrected chi connectivity index (χ3v) is 9.64. The molecular formula is C23H24ClF5N4OP2S. The predicted octanol–water partition coefficient (Wildman–Crippen LogP) is 6.77. The van der Waals surface area contributed by atoms with E-state index in [1.165, 1.54) is 25.3 Å². The number of carbonyl (C=O) groups is 1. The predicted molar refractivity (Wildman–Crippen MR) is 141 cm³/mol. The highest BCUT2D eigenvalue weighted by Gasteiger charge is 2.65. The molecule has 1 fully saturated rings. The van der Waals surface area contributed by atoms with E-state index in [2.05, 4.69) is 15.6 Å². The molecule has 0 radical (unpaired) electrons. The first-order valence-electron chi connectivity index (χ1n) is 11.4. The molecule has 3 unspecified atom stereocenters. The van der Waals surface area contributed by atoms with Crippen LogP contribution in [0.15, 0.2) is 24.4 Å². The Balaban J connectivity index is 1.74. The van der Waals surface area contributed by atoms with Crippen LogP contribution in [0.25, 0.3) is 16.3 Å². The van der Waals surface area contributed by atoms with Crippen LogP contribution in [0.4, 0.5) is 22.0 Å². The van der Waals surface area contributed by atoms with Gasteiger partial charge >= 0.3 is 6.18 Å². The minimum atomic E-state index is -5.28. The average molecular weight is 597 g/mol. The molecule has 0 aliphatic heterocycles. The highest BCUT2D eigenvalue weighted by atomic mass is 35.5. The summed E-state index contributed by atoms with van der Waals surface area (Å²) in [4.78, 5) is 14.2. The van der Waals surface area contributed by atoms with Crippen molar-refractivity contribution in [2.24, 2.45) is 0 Å². The fourth-order valence-electron chi connectivity index (χ4n) is 3.94. The number of carbonyl (C=O) groups excluding carboxylic acids is 1. The lowest BCUT2D eigenvalue weighted by atomic mass is 9.93. The monoisotopic (exact) mass is 596 g/mol. The third kappa shape index (κ3) is 5.29. The molecule has 14 heteroatoms. The third-order valence-electron chi connectivity index (χ3n) is 6.21. The Kier molecular flexibility index (Phi) is 7.77. The van der Waals surface area contributed by atoms with Crippen molar-refractivity contribution < 1.29 is 26.7 Å². The van der Waals surface area contributed by atoms with Crippen molar-refractivity contribution in [3.05, 3.63) is 51.0 Å². The van der Waals surface area contributed by atoms with E-state index in [1.807, 2.05) is 6.92 Å². The summed E-state index contributed by atoms with van der Waals surface area (Å²) in [7, 11) is 2.24. The summed E-state index contributed by atoms with van der Waals surface area (Å²) in [6.07, 6.45) is -0.949. The molecule has 5 nitrogen and oxygen atoms in total. The maximum Gasteiger partial charge on any atom is 0.407 e. The van der Waals surface area contributed by atoms with Gasteiger partial charge in [0, 0.05) is 10.9 Å². The highest BCUT2D eigenvalue weighted by Crippen LogP contribution is 2.59. The van der Waals surface area contributed by atoms with Crippen LogP contribution < -0.4 is 5.32 Å². The zero-order valence-electron chi connectivity index (χ0n) is 19.8. The van der Waals surface area contributed by atoms with E-state index in [4.69, 9.17) is 11.6 Å². The summed E-state index contributed by atoms with van der Waals surface area (Å²) < 4.78 is 71.4. The lowest BCUT2D eigenvalue weighted by Gasteiger charge is -2.37. The molecule has 200 valence electrons.